The Labute approximate surface area is 207 Å². The number of hydrogen-bond donors (Lipinski definition) is 1. The molecule has 35 heavy (non-hydrogen) atoms. The maximum Gasteiger partial charge on any atom is 0.334 e. The second kappa shape index (κ2) is 10.5. The van der Waals surface area contributed by atoms with Crippen molar-refractivity contribution in [1.29, 1.82) is 0 Å². The second-order valence-electron chi connectivity index (χ2n) is 9.49. The molecule has 2 aromatic carbocycles. The average molecular weight is 478 g/mol. The summed E-state index contributed by atoms with van der Waals surface area (Å²) in [5, 5.41) is 6.27. The standard InChI is InChI=1S/C27H35N5O3/c1-5-19(2)25-26(34)30(20(3)22-14-10-7-11-15-22)17-23-31(25)24(33)18-29(4)32(23)27(35)28-16-21-12-8-6-9-13-21/h6-15,19-20,23,25H,5,16-18H2,1-4H3,(H,28,35)/t19?,20?,23-,25-/m0/s1. The topological polar surface area (TPSA) is 76.2 Å². The third-order valence-corrected chi connectivity index (χ3v) is 7.25. The van der Waals surface area contributed by atoms with Crippen molar-refractivity contribution in [3.63, 3.8) is 0 Å². The Kier molecular flexibility index (Phi) is 7.40. The Hall–Kier alpha value is -3.39. The van der Waals surface area contributed by atoms with Gasteiger partial charge in [0, 0.05) is 13.6 Å². The Morgan fingerprint density at radius 2 is 1.66 bits per heavy atom. The lowest BCUT2D eigenvalue weighted by atomic mass is 9.91. The van der Waals surface area contributed by atoms with E-state index >= 15 is 0 Å². The van der Waals surface area contributed by atoms with Crippen LogP contribution in [0.15, 0.2) is 60.7 Å². The third-order valence-electron chi connectivity index (χ3n) is 7.25. The molecule has 1 N–H and O–H groups in total. The van der Waals surface area contributed by atoms with Gasteiger partial charge >= 0.3 is 6.03 Å². The Morgan fingerprint density at radius 1 is 1.03 bits per heavy atom. The van der Waals surface area contributed by atoms with E-state index in [1.807, 2.05) is 86.3 Å². The molecule has 186 valence electrons. The van der Waals surface area contributed by atoms with Crippen LogP contribution < -0.4 is 5.32 Å². The highest BCUT2D eigenvalue weighted by Gasteiger charge is 2.52. The van der Waals surface area contributed by atoms with E-state index in [1.165, 1.54) is 0 Å². The number of hydrazine groups is 1. The van der Waals surface area contributed by atoms with Gasteiger partial charge in [-0.3, -0.25) is 9.59 Å². The molecule has 0 aromatic heterocycles. The molecule has 0 aliphatic carbocycles. The number of rotatable bonds is 6. The van der Waals surface area contributed by atoms with Crippen molar-refractivity contribution in [1.82, 2.24) is 25.1 Å². The van der Waals surface area contributed by atoms with Crippen LogP contribution in [0.3, 0.4) is 0 Å². The van der Waals surface area contributed by atoms with Gasteiger partial charge in [0.25, 0.3) is 0 Å². The highest BCUT2D eigenvalue weighted by Crippen LogP contribution is 2.34. The highest BCUT2D eigenvalue weighted by atomic mass is 16.2. The zero-order valence-corrected chi connectivity index (χ0v) is 20.9. The van der Waals surface area contributed by atoms with Gasteiger partial charge in [0.1, 0.15) is 12.2 Å². The van der Waals surface area contributed by atoms with E-state index in [4.69, 9.17) is 0 Å². The van der Waals surface area contributed by atoms with Crippen LogP contribution in [-0.4, -0.2) is 70.0 Å². The lowest BCUT2D eigenvalue weighted by Crippen LogP contribution is -2.76. The Bertz CT molecular complexity index is 1050. The van der Waals surface area contributed by atoms with Crippen molar-refractivity contribution < 1.29 is 14.4 Å². The van der Waals surface area contributed by atoms with Crippen LogP contribution in [0, 0.1) is 5.92 Å². The number of benzene rings is 2. The first-order valence-corrected chi connectivity index (χ1v) is 12.3. The maximum atomic E-state index is 13.8. The number of urea groups is 1. The van der Waals surface area contributed by atoms with Gasteiger partial charge in [-0.15, -0.1) is 0 Å². The molecule has 2 unspecified atom stereocenters. The Balaban J connectivity index is 1.66. The fraction of sp³-hybridized carbons (Fsp3) is 0.444. The molecule has 0 bridgehead atoms. The fourth-order valence-corrected chi connectivity index (χ4v) is 5.07. The van der Waals surface area contributed by atoms with Crippen molar-refractivity contribution in [2.75, 3.05) is 20.1 Å². The van der Waals surface area contributed by atoms with Gasteiger partial charge < -0.3 is 15.1 Å². The van der Waals surface area contributed by atoms with E-state index in [0.29, 0.717) is 6.54 Å². The van der Waals surface area contributed by atoms with Crippen LogP contribution in [0.25, 0.3) is 0 Å². The van der Waals surface area contributed by atoms with Gasteiger partial charge in [-0.05, 0) is 24.0 Å². The van der Waals surface area contributed by atoms with Gasteiger partial charge in [-0.1, -0.05) is 80.9 Å². The molecule has 4 rings (SSSR count). The summed E-state index contributed by atoms with van der Waals surface area (Å²) in [5.41, 5.74) is 2.01. The normalized spacial score (nSPS) is 22.6. The van der Waals surface area contributed by atoms with Crippen LogP contribution in [0.1, 0.15) is 44.4 Å². The zero-order valence-electron chi connectivity index (χ0n) is 20.9. The van der Waals surface area contributed by atoms with Crippen molar-refractivity contribution in [3.8, 4) is 0 Å². The molecule has 0 radical (unpaired) electrons. The summed E-state index contributed by atoms with van der Waals surface area (Å²) in [5.74, 6) is -0.234. The molecule has 2 saturated heterocycles. The molecule has 8 nitrogen and oxygen atoms in total. The second-order valence-corrected chi connectivity index (χ2v) is 9.49. The number of likely N-dealkylation sites (N-methyl/N-ethyl adjacent to an activating group) is 1. The van der Waals surface area contributed by atoms with Crippen LogP contribution in [0.2, 0.25) is 0 Å². The minimum absolute atomic E-state index is 0.0441. The molecule has 0 saturated carbocycles. The highest BCUT2D eigenvalue weighted by molar-refractivity contribution is 5.92. The van der Waals surface area contributed by atoms with Crippen molar-refractivity contribution >= 4 is 17.8 Å². The third kappa shape index (κ3) is 4.89. The number of carbonyl (C=O) groups excluding carboxylic acids is 3. The lowest BCUT2D eigenvalue weighted by molar-refractivity contribution is -0.192. The largest absolute Gasteiger partial charge is 0.334 e. The van der Waals surface area contributed by atoms with E-state index < -0.39 is 12.2 Å². The maximum absolute atomic E-state index is 13.8. The summed E-state index contributed by atoms with van der Waals surface area (Å²) < 4.78 is 0. The van der Waals surface area contributed by atoms with E-state index in [9.17, 15) is 14.4 Å². The summed E-state index contributed by atoms with van der Waals surface area (Å²) >= 11 is 0. The number of nitrogens with one attached hydrogen (secondary N) is 1. The number of amides is 4. The minimum atomic E-state index is -0.615. The number of hydrogen-bond acceptors (Lipinski definition) is 4. The van der Waals surface area contributed by atoms with Crippen LogP contribution in [-0.2, 0) is 16.1 Å². The molecule has 2 heterocycles. The predicted octanol–water partition coefficient (Wildman–Crippen LogP) is 3.23. The molecular weight excluding hydrogens is 442 g/mol. The quantitative estimate of drug-likeness (QED) is 0.693. The van der Waals surface area contributed by atoms with E-state index in [2.05, 4.69) is 5.32 Å². The summed E-state index contributed by atoms with van der Waals surface area (Å²) in [6.07, 6.45) is 0.163. The molecular formula is C27H35N5O3. The van der Waals surface area contributed by atoms with Crippen LogP contribution in [0.4, 0.5) is 4.79 Å². The zero-order chi connectivity index (χ0) is 25.1. The average Bonchev–Trinajstić information content (AvgIpc) is 2.87. The van der Waals surface area contributed by atoms with Gasteiger partial charge in [0.15, 0.2) is 0 Å². The van der Waals surface area contributed by atoms with Gasteiger partial charge in [0.2, 0.25) is 11.8 Å². The minimum Gasteiger partial charge on any atom is -0.333 e. The first kappa shape index (κ1) is 24.7. The fourth-order valence-electron chi connectivity index (χ4n) is 5.07. The number of fused-ring (bicyclic) bond motifs is 1. The van der Waals surface area contributed by atoms with Crippen LogP contribution >= 0.6 is 0 Å². The molecule has 2 aromatic rings. The van der Waals surface area contributed by atoms with Crippen molar-refractivity contribution in [3.05, 3.63) is 71.8 Å². The summed E-state index contributed by atoms with van der Waals surface area (Å²) in [7, 11) is 1.75. The number of nitrogens with zero attached hydrogens (tertiary/aromatic N) is 4. The van der Waals surface area contributed by atoms with Gasteiger partial charge in [-0.25, -0.2) is 14.8 Å². The summed E-state index contributed by atoms with van der Waals surface area (Å²) in [4.78, 5) is 44.0. The molecule has 8 heteroatoms. The van der Waals surface area contributed by atoms with Gasteiger partial charge in [0.05, 0.1) is 19.1 Å². The number of carbonyl (C=O) groups is 3. The van der Waals surface area contributed by atoms with E-state index in [1.54, 1.807) is 22.0 Å². The number of piperazine rings is 1. The van der Waals surface area contributed by atoms with E-state index in [-0.39, 0.29) is 42.9 Å². The van der Waals surface area contributed by atoms with E-state index in [0.717, 1.165) is 17.5 Å². The first-order chi connectivity index (χ1) is 16.8. The predicted molar refractivity (Wildman–Crippen MR) is 134 cm³/mol. The van der Waals surface area contributed by atoms with Crippen molar-refractivity contribution in [2.45, 2.75) is 52.0 Å². The van der Waals surface area contributed by atoms with Crippen molar-refractivity contribution in [2.24, 2.45) is 5.92 Å². The molecule has 0 spiro atoms. The summed E-state index contributed by atoms with van der Waals surface area (Å²) in [6.45, 7) is 6.70. The summed E-state index contributed by atoms with van der Waals surface area (Å²) in [6, 6.07) is 18.5. The smallest absolute Gasteiger partial charge is 0.333 e. The monoisotopic (exact) mass is 477 g/mol. The Morgan fingerprint density at radius 3 is 2.29 bits per heavy atom. The lowest BCUT2D eigenvalue weighted by Gasteiger charge is -2.56. The molecule has 4 atom stereocenters. The first-order valence-electron chi connectivity index (χ1n) is 12.3. The molecule has 2 aliphatic rings. The van der Waals surface area contributed by atoms with Crippen LogP contribution in [0.5, 0.6) is 0 Å². The SMILES string of the molecule is CCC(C)[C@H]1C(=O)N(C(C)c2ccccc2)C[C@H]2N1C(=O)CN(C)N2C(=O)NCc1ccccc1. The molecule has 4 amide bonds. The molecule has 2 fully saturated rings. The van der Waals surface area contributed by atoms with Gasteiger partial charge in [-0.2, -0.15) is 0 Å². The molecule has 2 aliphatic heterocycles.